The summed E-state index contributed by atoms with van der Waals surface area (Å²) in [5, 5.41) is 1.08. The third-order valence-corrected chi connectivity index (χ3v) is 8.29. The Labute approximate surface area is 218 Å². The van der Waals surface area contributed by atoms with Crippen molar-refractivity contribution in [1.29, 1.82) is 0 Å². The van der Waals surface area contributed by atoms with Crippen LogP contribution in [0.15, 0.2) is 59.5 Å². The van der Waals surface area contributed by atoms with Crippen LogP contribution in [0.5, 0.6) is 0 Å². The van der Waals surface area contributed by atoms with E-state index in [0.29, 0.717) is 12.6 Å². The second-order valence-corrected chi connectivity index (χ2v) is 11.6. The van der Waals surface area contributed by atoms with Gasteiger partial charge in [-0.1, -0.05) is 30.3 Å². The summed E-state index contributed by atoms with van der Waals surface area (Å²) in [6, 6.07) is 17.9. The highest BCUT2D eigenvalue weighted by atomic mass is 16.1. The fourth-order valence-electron chi connectivity index (χ4n) is 6.43. The molecule has 1 atom stereocenters. The monoisotopic (exact) mass is 495 g/mol. The highest BCUT2D eigenvalue weighted by Crippen LogP contribution is 2.36. The Morgan fingerprint density at radius 1 is 0.946 bits per heavy atom. The highest BCUT2D eigenvalue weighted by Gasteiger charge is 2.39. The van der Waals surface area contributed by atoms with E-state index in [1.54, 1.807) is 6.07 Å². The summed E-state index contributed by atoms with van der Waals surface area (Å²) in [5.74, 6) is 0.760. The van der Waals surface area contributed by atoms with Gasteiger partial charge in [0.15, 0.2) is 0 Å². The molecule has 4 heterocycles. The molecule has 2 aromatic heterocycles. The smallest absolute Gasteiger partial charge is 0.255 e. The van der Waals surface area contributed by atoms with Crippen LogP contribution in [0.4, 0.5) is 5.95 Å². The van der Waals surface area contributed by atoms with E-state index in [-0.39, 0.29) is 17.1 Å². The fraction of sp³-hybridized carbons (Fsp3) is 0.419. The first-order valence-corrected chi connectivity index (χ1v) is 13.6. The lowest BCUT2D eigenvalue weighted by molar-refractivity contribution is 0.263. The van der Waals surface area contributed by atoms with Crippen LogP contribution in [0.2, 0.25) is 0 Å². The number of nitrogens with one attached hydrogen (secondary N) is 1. The molecule has 1 saturated heterocycles. The first-order valence-electron chi connectivity index (χ1n) is 13.6. The van der Waals surface area contributed by atoms with E-state index >= 15 is 0 Å². The number of likely N-dealkylation sites (tertiary alicyclic amines) is 1. The van der Waals surface area contributed by atoms with E-state index in [4.69, 9.17) is 4.98 Å². The van der Waals surface area contributed by atoms with Gasteiger partial charge in [0.2, 0.25) is 5.95 Å². The lowest BCUT2D eigenvalue weighted by Crippen LogP contribution is -2.45. The summed E-state index contributed by atoms with van der Waals surface area (Å²) in [5.41, 5.74) is 6.30. The van der Waals surface area contributed by atoms with Crippen molar-refractivity contribution in [3.05, 3.63) is 70.6 Å². The number of rotatable bonds is 5. The number of nitrogens with zero attached hydrogens (tertiary/aromatic N) is 4. The van der Waals surface area contributed by atoms with Crippen molar-refractivity contribution in [2.45, 2.75) is 71.6 Å². The van der Waals surface area contributed by atoms with Crippen molar-refractivity contribution >= 4 is 16.9 Å². The van der Waals surface area contributed by atoms with Crippen LogP contribution in [0, 0.1) is 0 Å². The second kappa shape index (κ2) is 8.88. The van der Waals surface area contributed by atoms with E-state index in [0.717, 1.165) is 33.7 Å². The Balaban J connectivity index is 1.37. The van der Waals surface area contributed by atoms with E-state index in [9.17, 15) is 4.79 Å². The third kappa shape index (κ3) is 4.08. The van der Waals surface area contributed by atoms with Crippen LogP contribution < -0.4 is 10.5 Å². The van der Waals surface area contributed by atoms with Crippen LogP contribution in [-0.4, -0.2) is 44.1 Å². The fourth-order valence-corrected chi connectivity index (χ4v) is 6.43. The summed E-state index contributed by atoms with van der Waals surface area (Å²) in [4.78, 5) is 26.4. The molecule has 37 heavy (non-hydrogen) atoms. The first-order chi connectivity index (χ1) is 17.7. The van der Waals surface area contributed by atoms with Gasteiger partial charge in [-0.05, 0) is 89.4 Å². The van der Waals surface area contributed by atoms with Gasteiger partial charge < -0.3 is 9.88 Å². The largest absolute Gasteiger partial charge is 0.360 e. The van der Waals surface area contributed by atoms with E-state index < -0.39 is 0 Å². The van der Waals surface area contributed by atoms with Gasteiger partial charge in [-0.15, -0.1) is 0 Å². The molecular formula is C31H37N5O. The van der Waals surface area contributed by atoms with Gasteiger partial charge >= 0.3 is 0 Å². The minimum Gasteiger partial charge on any atom is -0.360 e. The molecule has 6 heteroatoms. The zero-order chi connectivity index (χ0) is 25.9. The molecule has 2 aromatic carbocycles. The number of aromatic nitrogens is 3. The Bertz CT molecular complexity index is 1510. The van der Waals surface area contributed by atoms with E-state index in [2.05, 4.69) is 91.9 Å². The van der Waals surface area contributed by atoms with Crippen LogP contribution >= 0.6 is 0 Å². The molecule has 0 saturated carbocycles. The van der Waals surface area contributed by atoms with Crippen molar-refractivity contribution in [3.8, 4) is 22.4 Å². The zero-order valence-corrected chi connectivity index (χ0v) is 22.6. The zero-order valence-electron chi connectivity index (χ0n) is 22.6. The number of hydrogen-bond donors (Lipinski definition) is 1. The quantitative estimate of drug-likeness (QED) is 0.357. The summed E-state index contributed by atoms with van der Waals surface area (Å²) >= 11 is 0. The molecular weight excluding hydrogens is 458 g/mol. The summed E-state index contributed by atoms with van der Waals surface area (Å²) in [6.07, 6.45) is 4.59. The third-order valence-electron chi connectivity index (χ3n) is 8.29. The number of benzene rings is 2. The lowest BCUT2D eigenvalue weighted by atomic mass is 9.99. The maximum Gasteiger partial charge on any atom is 0.255 e. The molecule has 6 nitrogen and oxygen atoms in total. The molecule has 6 rings (SSSR count). The van der Waals surface area contributed by atoms with Gasteiger partial charge in [-0.25, -0.2) is 4.98 Å². The SMILES string of the molecule is CC(c1ccc(-c2ccc3[nH]cc(-c4cc(=O)n5c(n4)N(C(C)C)C(C)(C)C5)c3c2)cc1)N1CCCC1. The Kier molecular flexibility index (Phi) is 5.75. The van der Waals surface area contributed by atoms with Crippen LogP contribution in [0.1, 0.15) is 59.1 Å². The second-order valence-electron chi connectivity index (χ2n) is 11.6. The summed E-state index contributed by atoms with van der Waals surface area (Å²) in [6.45, 7) is 14.0. The van der Waals surface area contributed by atoms with Gasteiger partial charge in [0.05, 0.1) is 17.8 Å². The maximum absolute atomic E-state index is 13.2. The lowest BCUT2D eigenvalue weighted by Gasteiger charge is -2.35. The molecule has 192 valence electrons. The maximum atomic E-state index is 13.2. The molecule has 4 aromatic rings. The van der Waals surface area contributed by atoms with Crippen molar-refractivity contribution < 1.29 is 0 Å². The molecule has 0 aliphatic carbocycles. The molecule has 1 unspecified atom stereocenters. The van der Waals surface area contributed by atoms with E-state index in [1.165, 1.54) is 37.1 Å². The van der Waals surface area contributed by atoms with Crippen LogP contribution in [-0.2, 0) is 6.54 Å². The minimum atomic E-state index is -0.155. The van der Waals surface area contributed by atoms with Crippen molar-refractivity contribution in [1.82, 2.24) is 19.4 Å². The van der Waals surface area contributed by atoms with Gasteiger partial charge in [0.1, 0.15) is 0 Å². The molecule has 2 aliphatic rings. The highest BCUT2D eigenvalue weighted by molar-refractivity contribution is 5.97. The number of H-pyrrole nitrogens is 1. The number of aromatic amines is 1. The van der Waals surface area contributed by atoms with Crippen molar-refractivity contribution in [2.75, 3.05) is 18.0 Å². The Morgan fingerprint density at radius 3 is 2.35 bits per heavy atom. The van der Waals surface area contributed by atoms with Crippen molar-refractivity contribution in [2.24, 2.45) is 0 Å². The molecule has 0 amide bonds. The predicted octanol–water partition coefficient (Wildman–Crippen LogP) is 6.22. The van der Waals surface area contributed by atoms with Crippen LogP contribution in [0.3, 0.4) is 0 Å². The normalized spacial score (nSPS) is 18.2. The van der Waals surface area contributed by atoms with Crippen molar-refractivity contribution in [3.63, 3.8) is 0 Å². The standard InChI is InChI=1S/C31H37N5O/c1-20(2)36-30-33-28(17-29(37)35(30)19-31(36,4)5)26-18-32-27-13-12-24(16-25(26)27)23-10-8-22(9-11-23)21(3)34-14-6-7-15-34/h8-13,16-18,20-21,32H,6-7,14-15,19H2,1-5H3. The summed E-state index contributed by atoms with van der Waals surface area (Å²) < 4.78 is 1.81. The minimum absolute atomic E-state index is 0.00411. The molecule has 2 aliphatic heterocycles. The van der Waals surface area contributed by atoms with Gasteiger partial charge in [-0.2, -0.15) is 0 Å². The van der Waals surface area contributed by atoms with Gasteiger partial charge in [-0.3, -0.25) is 14.3 Å². The summed E-state index contributed by atoms with van der Waals surface area (Å²) in [7, 11) is 0. The Hall–Kier alpha value is -3.38. The van der Waals surface area contributed by atoms with Crippen LogP contribution in [0.25, 0.3) is 33.3 Å². The Morgan fingerprint density at radius 2 is 1.65 bits per heavy atom. The topological polar surface area (TPSA) is 57.2 Å². The predicted molar refractivity (Wildman–Crippen MR) is 152 cm³/mol. The average molecular weight is 496 g/mol. The van der Waals surface area contributed by atoms with Gasteiger partial charge in [0, 0.05) is 40.8 Å². The molecule has 0 radical (unpaired) electrons. The molecule has 1 N–H and O–H groups in total. The molecule has 0 bridgehead atoms. The number of anilines is 1. The molecule has 1 fully saturated rings. The average Bonchev–Trinajstić information content (AvgIpc) is 3.60. The van der Waals surface area contributed by atoms with E-state index in [1.807, 2.05) is 10.8 Å². The number of hydrogen-bond acceptors (Lipinski definition) is 4. The number of fused-ring (bicyclic) bond motifs is 2. The molecule has 0 spiro atoms. The van der Waals surface area contributed by atoms with Gasteiger partial charge in [0.25, 0.3) is 5.56 Å². The first kappa shape index (κ1) is 24.0.